The number of nitrogens with zero attached hydrogens (tertiary/aromatic N) is 2. The Hall–Kier alpha value is -1.91. The van der Waals surface area contributed by atoms with Crippen molar-refractivity contribution in [2.45, 2.75) is 20.3 Å². The molecule has 1 aromatic carbocycles. The monoisotopic (exact) mass is 207 g/mol. The summed E-state index contributed by atoms with van der Waals surface area (Å²) < 4.78 is 0. The van der Waals surface area contributed by atoms with Crippen LogP contribution >= 0.6 is 0 Å². The van der Waals surface area contributed by atoms with Crippen LogP contribution in [0.4, 0.5) is 11.4 Å². The van der Waals surface area contributed by atoms with Gasteiger partial charge in [-0.05, 0) is 25.5 Å². The van der Waals surface area contributed by atoms with Gasteiger partial charge in [0.1, 0.15) is 0 Å². The van der Waals surface area contributed by atoms with Gasteiger partial charge in [-0.1, -0.05) is 6.92 Å². The lowest BCUT2D eigenvalue weighted by atomic mass is 10.3. The third-order valence-electron chi connectivity index (χ3n) is 1.97. The number of nitro benzene ring substituents is 1. The normalized spacial score (nSPS) is 11.2. The first-order valence-corrected chi connectivity index (χ1v) is 4.67. The van der Waals surface area contributed by atoms with Gasteiger partial charge in [-0.25, -0.2) is 0 Å². The van der Waals surface area contributed by atoms with E-state index < -0.39 is 4.92 Å². The molecule has 0 atom stereocenters. The maximum absolute atomic E-state index is 10.4. The van der Waals surface area contributed by atoms with Crippen LogP contribution in [0.3, 0.4) is 0 Å². The predicted octanol–water partition coefficient (Wildman–Crippen LogP) is 2.79. The van der Waals surface area contributed by atoms with E-state index in [2.05, 4.69) is 10.5 Å². The molecular weight excluding hydrogens is 194 g/mol. The summed E-state index contributed by atoms with van der Waals surface area (Å²) in [7, 11) is 0. The lowest BCUT2D eigenvalue weighted by molar-refractivity contribution is -0.384. The summed E-state index contributed by atoms with van der Waals surface area (Å²) in [5.74, 6) is 0. The highest BCUT2D eigenvalue weighted by molar-refractivity contribution is 5.82. The van der Waals surface area contributed by atoms with Crippen molar-refractivity contribution in [2.75, 3.05) is 5.43 Å². The van der Waals surface area contributed by atoms with Crippen LogP contribution in [0.5, 0.6) is 0 Å². The van der Waals surface area contributed by atoms with Crippen LogP contribution in [-0.4, -0.2) is 10.6 Å². The van der Waals surface area contributed by atoms with E-state index in [4.69, 9.17) is 0 Å². The summed E-state index contributed by atoms with van der Waals surface area (Å²) >= 11 is 0. The van der Waals surface area contributed by atoms with E-state index in [9.17, 15) is 10.1 Å². The van der Waals surface area contributed by atoms with Crippen LogP contribution < -0.4 is 5.43 Å². The van der Waals surface area contributed by atoms with Crippen molar-refractivity contribution in [3.63, 3.8) is 0 Å². The van der Waals surface area contributed by atoms with Crippen LogP contribution in [0.2, 0.25) is 0 Å². The van der Waals surface area contributed by atoms with Gasteiger partial charge < -0.3 is 0 Å². The minimum Gasteiger partial charge on any atom is -0.279 e. The Bertz CT molecular complexity index is 371. The number of rotatable bonds is 4. The zero-order chi connectivity index (χ0) is 11.3. The molecule has 0 spiro atoms. The standard InChI is InChI=1S/C10H13N3O2/c1-3-8(2)11-12-9-4-6-10(7-5-9)13(14)15/h4-7,12H,3H2,1-2H3. The summed E-state index contributed by atoms with van der Waals surface area (Å²) in [6, 6.07) is 6.15. The maximum atomic E-state index is 10.4. The van der Waals surface area contributed by atoms with Gasteiger partial charge in [-0.15, -0.1) is 0 Å². The fourth-order valence-corrected chi connectivity index (χ4v) is 0.897. The van der Waals surface area contributed by atoms with Crippen LogP contribution in [-0.2, 0) is 0 Å². The van der Waals surface area contributed by atoms with E-state index in [-0.39, 0.29) is 5.69 Å². The van der Waals surface area contributed by atoms with E-state index in [0.717, 1.165) is 17.8 Å². The Balaban J connectivity index is 2.69. The van der Waals surface area contributed by atoms with Crippen molar-refractivity contribution in [2.24, 2.45) is 5.10 Å². The Morgan fingerprint density at radius 3 is 2.53 bits per heavy atom. The average molecular weight is 207 g/mol. The second-order valence-corrected chi connectivity index (χ2v) is 3.12. The Labute approximate surface area is 88.0 Å². The summed E-state index contributed by atoms with van der Waals surface area (Å²) in [4.78, 5) is 9.96. The number of hydrogen-bond donors (Lipinski definition) is 1. The number of nitro groups is 1. The highest BCUT2D eigenvalue weighted by Crippen LogP contribution is 2.15. The SMILES string of the molecule is CCC(C)=NNc1ccc([N+](=O)[O-])cc1. The lowest BCUT2D eigenvalue weighted by Crippen LogP contribution is -1.95. The topological polar surface area (TPSA) is 67.5 Å². The first-order valence-electron chi connectivity index (χ1n) is 4.67. The third-order valence-corrected chi connectivity index (χ3v) is 1.97. The first-order chi connectivity index (χ1) is 7.13. The predicted molar refractivity (Wildman–Crippen MR) is 60.1 cm³/mol. The van der Waals surface area contributed by atoms with E-state index in [0.29, 0.717) is 0 Å². The van der Waals surface area contributed by atoms with Crippen molar-refractivity contribution in [3.8, 4) is 0 Å². The van der Waals surface area contributed by atoms with Gasteiger partial charge in [0.05, 0.1) is 10.6 Å². The number of non-ortho nitro benzene ring substituents is 1. The van der Waals surface area contributed by atoms with Gasteiger partial charge in [-0.2, -0.15) is 5.10 Å². The molecule has 1 aromatic rings. The smallest absolute Gasteiger partial charge is 0.269 e. The molecule has 0 fully saturated rings. The summed E-state index contributed by atoms with van der Waals surface area (Å²) in [6.07, 6.45) is 0.875. The Morgan fingerprint density at radius 1 is 1.47 bits per heavy atom. The third kappa shape index (κ3) is 3.38. The number of benzene rings is 1. The Morgan fingerprint density at radius 2 is 2.07 bits per heavy atom. The molecule has 15 heavy (non-hydrogen) atoms. The fraction of sp³-hybridized carbons (Fsp3) is 0.300. The number of nitrogens with one attached hydrogen (secondary N) is 1. The molecule has 0 aromatic heterocycles. The van der Waals surface area contributed by atoms with Crippen LogP contribution in [0.1, 0.15) is 20.3 Å². The maximum Gasteiger partial charge on any atom is 0.269 e. The van der Waals surface area contributed by atoms with Crippen molar-refractivity contribution < 1.29 is 4.92 Å². The molecule has 0 heterocycles. The molecule has 0 aliphatic rings. The second-order valence-electron chi connectivity index (χ2n) is 3.12. The molecule has 5 heteroatoms. The van der Waals surface area contributed by atoms with Crippen molar-refractivity contribution >= 4 is 17.1 Å². The number of anilines is 1. The van der Waals surface area contributed by atoms with Gasteiger partial charge in [0, 0.05) is 17.8 Å². The second kappa shape index (κ2) is 5.09. The molecule has 1 N–H and O–H groups in total. The van der Waals surface area contributed by atoms with Crippen molar-refractivity contribution in [3.05, 3.63) is 34.4 Å². The first kappa shape index (κ1) is 11.2. The largest absolute Gasteiger partial charge is 0.279 e. The molecule has 0 aliphatic carbocycles. The molecule has 0 bridgehead atoms. The zero-order valence-electron chi connectivity index (χ0n) is 8.73. The van der Waals surface area contributed by atoms with Crippen molar-refractivity contribution in [1.29, 1.82) is 0 Å². The van der Waals surface area contributed by atoms with Gasteiger partial charge in [-0.3, -0.25) is 15.5 Å². The Kier molecular flexibility index (Phi) is 3.79. The summed E-state index contributed by atoms with van der Waals surface area (Å²) in [5.41, 5.74) is 4.63. The molecule has 0 aliphatic heterocycles. The number of hydrazone groups is 1. The summed E-state index contributed by atoms with van der Waals surface area (Å²) in [5, 5.41) is 14.5. The molecule has 0 amide bonds. The van der Waals surface area contributed by atoms with E-state index in [1.807, 2.05) is 13.8 Å². The molecule has 1 rings (SSSR count). The minimum atomic E-state index is -0.426. The number of hydrogen-bond acceptors (Lipinski definition) is 4. The highest BCUT2D eigenvalue weighted by Gasteiger charge is 2.02. The van der Waals surface area contributed by atoms with Crippen LogP contribution in [0.25, 0.3) is 0 Å². The lowest BCUT2D eigenvalue weighted by Gasteiger charge is -2.00. The minimum absolute atomic E-state index is 0.0803. The van der Waals surface area contributed by atoms with Gasteiger partial charge >= 0.3 is 0 Å². The molecular formula is C10H13N3O2. The quantitative estimate of drug-likeness (QED) is 0.469. The van der Waals surface area contributed by atoms with Gasteiger partial charge in [0.25, 0.3) is 5.69 Å². The molecule has 80 valence electrons. The molecule has 0 unspecified atom stereocenters. The zero-order valence-corrected chi connectivity index (χ0v) is 8.73. The van der Waals surface area contributed by atoms with Gasteiger partial charge in [0.15, 0.2) is 0 Å². The fourth-order valence-electron chi connectivity index (χ4n) is 0.897. The van der Waals surface area contributed by atoms with E-state index in [1.165, 1.54) is 12.1 Å². The van der Waals surface area contributed by atoms with Crippen molar-refractivity contribution in [1.82, 2.24) is 0 Å². The molecule has 5 nitrogen and oxygen atoms in total. The van der Waals surface area contributed by atoms with E-state index in [1.54, 1.807) is 12.1 Å². The molecule has 0 radical (unpaired) electrons. The van der Waals surface area contributed by atoms with Crippen LogP contribution in [0, 0.1) is 10.1 Å². The molecule has 0 saturated carbocycles. The highest BCUT2D eigenvalue weighted by atomic mass is 16.6. The summed E-state index contributed by atoms with van der Waals surface area (Å²) in [6.45, 7) is 3.93. The van der Waals surface area contributed by atoms with Crippen LogP contribution in [0.15, 0.2) is 29.4 Å². The van der Waals surface area contributed by atoms with Gasteiger partial charge in [0.2, 0.25) is 0 Å². The van der Waals surface area contributed by atoms with E-state index >= 15 is 0 Å². The average Bonchev–Trinajstić information content (AvgIpc) is 2.26. The molecule has 0 saturated heterocycles.